The third kappa shape index (κ3) is 13.8. The zero-order valence-electron chi connectivity index (χ0n) is 32.5. The standard InChI is InChI=1S/C38H54N8O3.C2H6/c1-10-16-44(17-11-2)30(8)23-36(45-18-15-34(42-45)32-14-12-13-27(5)20-32)41-29(7)21-28(6)35-22-31(9)46(43-35)25-49-37(47)24-40-38(48)33(39)19-26(3)4;1-2/h12-15,18,20-23,26,33H,6,10-11,16-17,19,24-25,39H2,1-5,7-9H3,(H,40,48);1-2H3/b29-21+,30-23+,41-36-;/t33-;/m1./s1. The summed E-state index contributed by atoms with van der Waals surface area (Å²) in [5.41, 5.74) is 12.9. The minimum absolute atomic E-state index is 0.102. The monoisotopic (exact) mass is 700 g/mol. The molecule has 0 spiro atoms. The van der Waals surface area contributed by atoms with Gasteiger partial charge in [0.1, 0.15) is 6.54 Å². The Labute approximate surface area is 305 Å². The van der Waals surface area contributed by atoms with Gasteiger partial charge in [-0.1, -0.05) is 71.9 Å². The summed E-state index contributed by atoms with van der Waals surface area (Å²) < 4.78 is 8.73. The number of aromatic nitrogens is 4. The van der Waals surface area contributed by atoms with Crippen molar-refractivity contribution in [2.75, 3.05) is 19.6 Å². The van der Waals surface area contributed by atoms with Gasteiger partial charge in [-0.05, 0) is 82.7 Å². The van der Waals surface area contributed by atoms with Crippen LogP contribution in [-0.4, -0.2) is 67.8 Å². The molecule has 0 bridgehead atoms. The summed E-state index contributed by atoms with van der Waals surface area (Å²) in [6, 6.07) is 11.5. The normalized spacial score (nSPS) is 12.7. The fourth-order valence-electron chi connectivity index (χ4n) is 5.27. The van der Waals surface area contributed by atoms with E-state index in [0.717, 1.165) is 54.3 Å². The minimum atomic E-state index is -0.667. The number of esters is 1. The number of carbonyl (C=O) groups is 2. The topological polar surface area (TPSA) is 133 Å². The number of nitrogens with one attached hydrogen (secondary N) is 1. The van der Waals surface area contributed by atoms with Crippen LogP contribution in [0.25, 0.3) is 16.8 Å². The van der Waals surface area contributed by atoms with Crippen LogP contribution in [0.1, 0.15) is 91.6 Å². The molecule has 0 saturated carbocycles. The van der Waals surface area contributed by atoms with E-state index in [1.807, 2.05) is 76.7 Å². The van der Waals surface area contributed by atoms with Crippen molar-refractivity contribution in [1.29, 1.82) is 0 Å². The molecule has 3 N–H and O–H groups in total. The van der Waals surface area contributed by atoms with E-state index in [1.165, 1.54) is 5.56 Å². The summed E-state index contributed by atoms with van der Waals surface area (Å²) >= 11 is 0. The quantitative estimate of drug-likeness (QED) is 0.0655. The van der Waals surface area contributed by atoms with Crippen LogP contribution in [0.4, 0.5) is 0 Å². The second kappa shape index (κ2) is 21.4. The molecule has 0 aliphatic carbocycles. The molecule has 278 valence electrons. The number of carbonyl (C=O) groups excluding carboxylic acids is 2. The molecule has 2 heterocycles. The van der Waals surface area contributed by atoms with Crippen LogP contribution >= 0.6 is 0 Å². The number of allylic oxidation sites excluding steroid dienone is 5. The van der Waals surface area contributed by atoms with Gasteiger partial charge in [-0.3, -0.25) is 9.59 Å². The van der Waals surface area contributed by atoms with Gasteiger partial charge in [0.2, 0.25) is 5.91 Å². The molecule has 0 aliphatic rings. The fraction of sp³-hybridized carbons (Fsp3) is 0.475. The first kappa shape index (κ1) is 42.4. The first-order valence-electron chi connectivity index (χ1n) is 18.1. The molecule has 1 atom stereocenters. The summed E-state index contributed by atoms with van der Waals surface area (Å²) in [5.74, 6) is -0.00592. The third-order valence-electron chi connectivity index (χ3n) is 7.76. The molecule has 11 heteroatoms. The highest BCUT2D eigenvalue weighted by Crippen LogP contribution is 2.20. The van der Waals surface area contributed by atoms with Crippen molar-refractivity contribution in [3.05, 3.63) is 89.7 Å². The number of aliphatic imine (C=N–C) groups is 1. The molecule has 51 heavy (non-hydrogen) atoms. The minimum Gasteiger partial charge on any atom is -0.441 e. The number of rotatable bonds is 17. The van der Waals surface area contributed by atoms with Crippen LogP contribution in [0.2, 0.25) is 0 Å². The van der Waals surface area contributed by atoms with Gasteiger partial charge < -0.3 is 20.7 Å². The maximum absolute atomic E-state index is 12.3. The predicted octanol–water partition coefficient (Wildman–Crippen LogP) is 7.27. The molecule has 0 aliphatic heterocycles. The number of benzene rings is 1. The van der Waals surface area contributed by atoms with Gasteiger partial charge in [0.25, 0.3) is 0 Å². The lowest BCUT2D eigenvalue weighted by atomic mass is 10.0. The Bertz CT molecular complexity index is 1670. The van der Waals surface area contributed by atoms with Crippen LogP contribution in [0, 0.1) is 19.8 Å². The highest BCUT2D eigenvalue weighted by molar-refractivity contribution is 5.95. The average molecular weight is 701 g/mol. The molecule has 11 nitrogen and oxygen atoms in total. The number of ether oxygens (including phenoxy) is 1. The zero-order valence-corrected chi connectivity index (χ0v) is 32.5. The number of hydrogen-bond donors (Lipinski definition) is 2. The van der Waals surface area contributed by atoms with E-state index in [0.29, 0.717) is 23.5 Å². The van der Waals surface area contributed by atoms with Crippen LogP contribution < -0.4 is 11.1 Å². The van der Waals surface area contributed by atoms with E-state index < -0.39 is 12.0 Å². The summed E-state index contributed by atoms with van der Waals surface area (Å²) in [5, 5.41) is 12.0. The number of amides is 1. The Kier molecular flexibility index (Phi) is 17.8. The van der Waals surface area contributed by atoms with Crippen LogP contribution in [0.15, 0.2) is 77.7 Å². The van der Waals surface area contributed by atoms with Gasteiger partial charge in [0.15, 0.2) is 12.6 Å². The lowest BCUT2D eigenvalue weighted by Gasteiger charge is -2.24. The Morgan fingerprint density at radius 1 is 1.06 bits per heavy atom. The van der Waals surface area contributed by atoms with Crippen LogP contribution in [0.5, 0.6) is 0 Å². The second-order valence-electron chi connectivity index (χ2n) is 12.8. The number of hydrogen-bond acceptors (Lipinski definition) is 8. The molecule has 1 aromatic carbocycles. The third-order valence-corrected chi connectivity index (χ3v) is 7.76. The molecule has 1 amide bonds. The van der Waals surface area contributed by atoms with Crippen LogP contribution in [-0.2, 0) is 21.1 Å². The number of aryl methyl sites for hydroxylation is 2. The number of nitrogens with zero attached hydrogens (tertiary/aromatic N) is 6. The van der Waals surface area contributed by atoms with E-state index in [4.69, 9.17) is 20.6 Å². The predicted molar refractivity (Wildman–Crippen MR) is 209 cm³/mol. The van der Waals surface area contributed by atoms with Crippen molar-refractivity contribution in [3.8, 4) is 11.3 Å². The highest BCUT2D eigenvalue weighted by Gasteiger charge is 2.17. The Morgan fingerprint density at radius 3 is 2.37 bits per heavy atom. The second-order valence-corrected chi connectivity index (χ2v) is 12.8. The van der Waals surface area contributed by atoms with Gasteiger partial charge in [-0.25, -0.2) is 14.4 Å². The summed E-state index contributed by atoms with van der Waals surface area (Å²) in [7, 11) is 0. The molecule has 0 saturated heterocycles. The molecule has 2 aromatic heterocycles. The van der Waals surface area contributed by atoms with Crippen molar-refractivity contribution in [2.45, 2.75) is 101 Å². The lowest BCUT2D eigenvalue weighted by molar-refractivity contribution is -0.148. The highest BCUT2D eigenvalue weighted by atomic mass is 16.5. The maximum Gasteiger partial charge on any atom is 0.327 e. The first-order chi connectivity index (χ1) is 24.3. The molecular weight excluding hydrogens is 640 g/mol. The van der Waals surface area contributed by atoms with Gasteiger partial charge in [-0.15, -0.1) is 0 Å². The SMILES string of the molecule is C=C(/C=C(C)/N=C(/C=C(\C)N(CCC)CCC)n1ccc(-c2cccc(C)c2)n1)c1cc(C)n(COC(=O)CNC(=O)[C@H](N)CC(C)C)n1.CC. The van der Waals surface area contributed by atoms with Crippen molar-refractivity contribution in [1.82, 2.24) is 29.8 Å². The Hall–Kier alpha value is -4.77. The van der Waals surface area contributed by atoms with Gasteiger partial charge >= 0.3 is 5.97 Å². The lowest BCUT2D eigenvalue weighted by Crippen LogP contribution is -2.43. The number of nitrogens with two attached hydrogens (primary N) is 1. The van der Waals surface area contributed by atoms with Crippen molar-refractivity contribution >= 4 is 23.3 Å². The summed E-state index contributed by atoms with van der Waals surface area (Å²) in [6.45, 7) is 26.1. The van der Waals surface area contributed by atoms with Crippen LogP contribution in [0.3, 0.4) is 0 Å². The van der Waals surface area contributed by atoms with E-state index in [9.17, 15) is 9.59 Å². The molecular formula is C40H60N8O3. The van der Waals surface area contributed by atoms with E-state index in [1.54, 1.807) is 4.68 Å². The smallest absolute Gasteiger partial charge is 0.327 e. The summed E-state index contributed by atoms with van der Waals surface area (Å²) in [4.78, 5) is 31.8. The van der Waals surface area contributed by atoms with Crippen molar-refractivity contribution in [3.63, 3.8) is 0 Å². The van der Waals surface area contributed by atoms with Crippen molar-refractivity contribution < 1.29 is 14.3 Å². The maximum atomic E-state index is 12.3. The Morgan fingerprint density at radius 2 is 1.75 bits per heavy atom. The molecule has 3 aromatic rings. The average Bonchev–Trinajstić information content (AvgIpc) is 3.73. The molecule has 0 fully saturated rings. The van der Waals surface area contributed by atoms with E-state index in [2.05, 4.69) is 73.9 Å². The van der Waals surface area contributed by atoms with Gasteiger partial charge in [0.05, 0.1) is 17.4 Å². The van der Waals surface area contributed by atoms with E-state index >= 15 is 0 Å². The Balaban J connectivity index is 0.00000442. The van der Waals surface area contributed by atoms with Gasteiger partial charge in [-0.2, -0.15) is 10.2 Å². The first-order valence-corrected chi connectivity index (χ1v) is 18.1. The largest absolute Gasteiger partial charge is 0.441 e. The fourth-order valence-corrected chi connectivity index (χ4v) is 5.27. The molecule has 0 unspecified atom stereocenters. The van der Waals surface area contributed by atoms with E-state index in [-0.39, 0.29) is 25.1 Å². The molecule has 3 rings (SSSR count). The molecule has 0 radical (unpaired) electrons. The summed E-state index contributed by atoms with van der Waals surface area (Å²) in [6.07, 6.45) is 8.51. The zero-order chi connectivity index (χ0) is 38.1. The van der Waals surface area contributed by atoms with Crippen molar-refractivity contribution in [2.24, 2.45) is 16.6 Å². The van der Waals surface area contributed by atoms with Gasteiger partial charge in [0, 0.05) is 48.0 Å².